The van der Waals surface area contributed by atoms with Crippen LogP contribution in [0.3, 0.4) is 0 Å². The number of aliphatic hydroxyl groups excluding tert-OH is 1. The van der Waals surface area contributed by atoms with E-state index < -0.39 is 6.10 Å². The fourth-order valence-electron chi connectivity index (χ4n) is 3.58. The van der Waals surface area contributed by atoms with Crippen LogP contribution in [0, 0.1) is 5.92 Å². The number of carbonyl (C=O) groups excluding carboxylic acids is 2. The van der Waals surface area contributed by atoms with Gasteiger partial charge in [-0.15, -0.1) is 0 Å². The number of fused-ring (bicyclic) bond motifs is 1. The third-order valence-electron chi connectivity index (χ3n) is 5.32. The fourth-order valence-corrected chi connectivity index (χ4v) is 3.58. The number of hydrogen-bond acceptors (Lipinski definition) is 4. The summed E-state index contributed by atoms with van der Waals surface area (Å²) in [6, 6.07) is 11.4. The first-order valence-electron chi connectivity index (χ1n) is 9.47. The second kappa shape index (κ2) is 7.52. The van der Waals surface area contributed by atoms with Gasteiger partial charge in [-0.1, -0.05) is 36.8 Å². The molecule has 7 nitrogen and oxygen atoms in total. The lowest BCUT2D eigenvalue weighted by Gasteiger charge is -2.32. The number of benzene rings is 1. The van der Waals surface area contributed by atoms with Crippen LogP contribution in [-0.2, 0) is 13.1 Å². The lowest BCUT2D eigenvalue weighted by molar-refractivity contribution is 0.0671. The predicted molar refractivity (Wildman–Crippen MR) is 99.1 cm³/mol. The highest BCUT2D eigenvalue weighted by molar-refractivity contribution is 5.98. The number of β-amino-alcohol motifs (C(OH)–C–C–N with tert-alkyl or cyclic N) is 1. The lowest BCUT2D eigenvalue weighted by Crippen LogP contribution is -2.37. The Hall–Kier alpha value is -2.67. The fraction of sp³-hybridized carbons (Fsp3) is 0.450. The number of hydrogen-bond donors (Lipinski definition) is 2. The number of rotatable bonds is 5. The van der Waals surface area contributed by atoms with Crippen molar-refractivity contribution in [3.63, 3.8) is 0 Å². The van der Waals surface area contributed by atoms with Crippen molar-refractivity contribution >= 4 is 11.8 Å². The van der Waals surface area contributed by atoms with Crippen LogP contribution in [0.2, 0.25) is 0 Å². The second-order valence-electron chi connectivity index (χ2n) is 7.43. The molecule has 2 aromatic rings. The molecular formula is C20H24N4O3. The smallest absolute Gasteiger partial charge is 0.274 e. The molecule has 1 aliphatic heterocycles. The van der Waals surface area contributed by atoms with Gasteiger partial charge < -0.3 is 15.3 Å². The minimum Gasteiger partial charge on any atom is -0.389 e. The standard InChI is InChI=1S/C20H24N4O3/c25-16-10-21-19(26)18-9-17(22-24(18)13-16)20(27)23(12-15-7-4-8-15)11-14-5-2-1-3-6-14/h1-3,5-6,9,15-16,25H,4,7-8,10-13H2,(H,21,26)/t16-/m0/s1. The van der Waals surface area contributed by atoms with Gasteiger partial charge in [-0.2, -0.15) is 5.10 Å². The molecule has 2 aliphatic rings. The molecule has 0 spiro atoms. The van der Waals surface area contributed by atoms with Crippen molar-refractivity contribution in [2.24, 2.45) is 5.92 Å². The summed E-state index contributed by atoms with van der Waals surface area (Å²) in [5.74, 6) is 0.0449. The number of aliphatic hydroxyl groups is 1. The van der Waals surface area contributed by atoms with Crippen molar-refractivity contribution in [2.75, 3.05) is 13.1 Å². The minimum absolute atomic E-state index is 0.173. The van der Waals surface area contributed by atoms with Gasteiger partial charge in [0.1, 0.15) is 5.69 Å². The van der Waals surface area contributed by atoms with E-state index >= 15 is 0 Å². The molecular weight excluding hydrogens is 344 g/mol. The van der Waals surface area contributed by atoms with Crippen LogP contribution in [0.25, 0.3) is 0 Å². The predicted octanol–water partition coefficient (Wildman–Crippen LogP) is 1.43. The van der Waals surface area contributed by atoms with E-state index in [1.807, 2.05) is 35.2 Å². The molecule has 2 heterocycles. The van der Waals surface area contributed by atoms with Gasteiger partial charge in [0.25, 0.3) is 11.8 Å². The first kappa shape index (κ1) is 17.7. The molecule has 1 aromatic carbocycles. The van der Waals surface area contributed by atoms with Crippen molar-refractivity contribution in [1.29, 1.82) is 0 Å². The van der Waals surface area contributed by atoms with E-state index in [9.17, 15) is 14.7 Å². The van der Waals surface area contributed by atoms with Gasteiger partial charge >= 0.3 is 0 Å². The summed E-state index contributed by atoms with van der Waals surface area (Å²) in [7, 11) is 0. The van der Waals surface area contributed by atoms with Crippen LogP contribution in [0.4, 0.5) is 0 Å². The zero-order valence-electron chi connectivity index (χ0n) is 15.2. The molecule has 1 fully saturated rings. The first-order chi connectivity index (χ1) is 13.1. The number of carbonyl (C=O) groups is 2. The van der Waals surface area contributed by atoms with E-state index in [0.717, 1.165) is 18.4 Å². The molecule has 0 bridgehead atoms. The van der Waals surface area contributed by atoms with Crippen molar-refractivity contribution < 1.29 is 14.7 Å². The zero-order valence-corrected chi connectivity index (χ0v) is 15.2. The molecule has 0 saturated heterocycles. The quantitative estimate of drug-likeness (QED) is 0.836. The number of nitrogens with one attached hydrogen (secondary N) is 1. The largest absolute Gasteiger partial charge is 0.389 e. The van der Waals surface area contributed by atoms with Gasteiger partial charge in [0.2, 0.25) is 0 Å². The van der Waals surface area contributed by atoms with Gasteiger partial charge in [0.05, 0.1) is 12.6 Å². The van der Waals surface area contributed by atoms with Crippen LogP contribution < -0.4 is 5.32 Å². The summed E-state index contributed by atoms with van der Waals surface area (Å²) >= 11 is 0. The first-order valence-corrected chi connectivity index (χ1v) is 9.47. The second-order valence-corrected chi connectivity index (χ2v) is 7.43. The molecule has 142 valence electrons. The molecule has 4 rings (SSSR count). The average molecular weight is 368 g/mol. The summed E-state index contributed by atoms with van der Waals surface area (Å²) in [5.41, 5.74) is 1.64. The lowest BCUT2D eigenvalue weighted by atomic mass is 9.85. The van der Waals surface area contributed by atoms with Gasteiger partial charge in [-0.05, 0) is 24.3 Å². The van der Waals surface area contributed by atoms with E-state index in [2.05, 4.69) is 10.4 Å². The Balaban J connectivity index is 1.58. The van der Waals surface area contributed by atoms with E-state index in [4.69, 9.17) is 0 Å². The minimum atomic E-state index is -0.714. The zero-order chi connectivity index (χ0) is 18.8. The summed E-state index contributed by atoms with van der Waals surface area (Å²) < 4.78 is 1.43. The van der Waals surface area contributed by atoms with Crippen molar-refractivity contribution in [2.45, 2.75) is 38.5 Å². The maximum absolute atomic E-state index is 13.2. The Kier molecular flexibility index (Phi) is 4.94. The SMILES string of the molecule is O=C1NC[C@H](O)Cn2nc(C(=O)N(Cc3ccccc3)CC3CCC3)cc21. The summed E-state index contributed by atoms with van der Waals surface area (Å²) in [6.07, 6.45) is 2.79. The topological polar surface area (TPSA) is 87.5 Å². The van der Waals surface area contributed by atoms with Crippen LogP contribution in [-0.4, -0.2) is 50.8 Å². The number of aromatic nitrogens is 2. The number of nitrogens with zero attached hydrogens (tertiary/aromatic N) is 3. The molecule has 27 heavy (non-hydrogen) atoms. The van der Waals surface area contributed by atoms with E-state index in [1.54, 1.807) is 0 Å². The van der Waals surface area contributed by atoms with Crippen molar-refractivity contribution in [3.8, 4) is 0 Å². The maximum atomic E-state index is 13.2. The van der Waals surface area contributed by atoms with Crippen LogP contribution in [0.5, 0.6) is 0 Å². The normalized spacial score (nSPS) is 19.6. The monoisotopic (exact) mass is 368 g/mol. The van der Waals surface area contributed by atoms with Crippen molar-refractivity contribution in [3.05, 3.63) is 53.3 Å². The van der Waals surface area contributed by atoms with Gasteiger partial charge in [-0.3, -0.25) is 14.3 Å². The highest BCUT2D eigenvalue weighted by Gasteiger charge is 2.29. The van der Waals surface area contributed by atoms with Crippen molar-refractivity contribution in [1.82, 2.24) is 20.0 Å². The van der Waals surface area contributed by atoms with Gasteiger partial charge in [0, 0.05) is 25.7 Å². The summed E-state index contributed by atoms with van der Waals surface area (Å²) in [5, 5.41) is 16.9. The van der Waals surface area contributed by atoms with E-state index in [1.165, 1.54) is 17.2 Å². The highest BCUT2D eigenvalue weighted by Crippen LogP contribution is 2.28. The van der Waals surface area contributed by atoms with Gasteiger partial charge in [-0.25, -0.2) is 0 Å². The maximum Gasteiger partial charge on any atom is 0.274 e. The van der Waals surface area contributed by atoms with E-state index in [0.29, 0.717) is 24.7 Å². The van der Waals surface area contributed by atoms with E-state index in [-0.39, 0.29) is 30.6 Å². The molecule has 1 aromatic heterocycles. The summed E-state index contributed by atoms with van der Waals surface area (Å²) in [6.45, 7) is 1.61. The van der Waals surface area contributed by atoms with Crippen LogP contribution >= 0.6 is 0 Å². The highest BCUT2D eigenvalue weighted by atomic mass is 16.3. The third kappa shape index (κ3) is 3.88. The number of amides is 2. The molecule has 0 unspecified atom stereocenters. The Labute approximate surface area is 158 Å². The Morgan fingerprint density at radius 2 is 2.07 bits per heavy atom. The molecule has 1 saturated carbocycles. The Morgan fingerprint density at radius 3 is 2.78 bits per heavy atom. The Morgan fingerprint density at radius 1 is 1.30 bits per heavy atom. The molecule has 1 aliphatic carbocycles. The van der Waals surface area contributed by atoms with Gasteiger partial charge in [0.15, 0.2) is 5.69 Å². The molecule has 7 heteroatoms. The molecule has 0 radical (unpaired) electrons. The molecule has 2 amide bonds. The van der Waals surface area contributed by atoms with Crippen LogP contribution in [0.1, 0.15) is 45.8 Å². The third-order valence-corrected chi connectivity index (χ3v) is 5.32. The van der Waals surface area contributed by atoms with Crippen LogP contribution in [0.15, 0.2) is 36.4 Å². The molecule has 1 atom stereocenters. The average Bonchev–Trinajstić information content (AvgIpc) is 3.00. The summed E-state index contributed by atoms with van der Waals surface area (Å²) in [4.78, 5) is 27.2. The molecule has 2 N–H and O–H groups in total. The Bertz CT molecular complexity index is 829.